The van der Waals surface area contributed by atoms with Crippen LogP contribution in [0.4, 0.5) is 0 Å². The van der Waals surface area contributed by atoms with Crippen molar-refractivity contribution in [1.82, 2.24) is 0 Å². The molecule has 96 valence electrons. The molecule has 0 fully saturated rings. The van der Waals surface area contributed by atoms with Crippen molar-refractivity contribution in [2.24, 2.45) is 0 Å². The van der Waals surface area contributed by atoms with Crippen LogP contribution in [0.25, 0.3) is 5.57 Å². The lowest BCUT2D eigenvalue weighted by atomic mass is 9.89. The summed E-state index contributed by atoms with van der Waals surface area (Å²) >= 11 is 0. The first-order chi connectivity index (χ1) is 8.25. The van der Waals surface area contributed by atoms with E-state index in [-0.39, 0.29) is 5.57 Å². The smallest absolute Gasteiger partial charge is 0.336 e. The van der Waals surface area contributed by atoms with E-state index < -0.39 is 11.9 Å². The van der Waals surface area contributed by atoms with Crippen LogP contribution in [0.3, 0.4) is 0 Å². The third-order valence-electron chi connectivity index (χ3n) is 3.13. The average molecular weight is 248 g/mol. The minimum atomic E-state index is -1.26. The highest BCUT2D eigenvalue weighted by atomic mass is 16.4. The number of aryl methyl sites for hydroxylation is 2. The fraction of sp³-hybridized carbons (Fsp3) is 0.286. The first kappa shape index (κ1) is 14.0. The van der Waals surface area contributed by atoms with Gasteiger partial charge in [-0.2, -0.15) is 0 Å². The van der Waals surface area contributed by atoms with E-state index in [2.05, 4.69) is 0 Å². The monoisotopic (exact) mass is 248 g/mol. The van der Waals surface area contributed by atoms with E-state index in [4.69, 9.17) is 5.11 Å². The SMILES string of the molecule is Cc1cc(C)c(C)c(/C(=C/C(=O)O)C(=O)O)c1C. The van der Waals surface area contributed by atoms with Crippen LogP contribution in [0.1, 0.15) is 27.8 Å². The number of benzene rings is 1. The topological polar surface area (TPSA) is 74.6 Å². The zero-order valence-corrected chi connectivity index (χ0v) is 10.9. The van der Waals surface area contributed by atoms with Gasteiger partial charge in [0.25, 0.3) is 0 Å². The second-order valence-corrected chi connectivity index (χ2v) is 4.34. The number of rotatable bonds is 3. The first-order valence-electron chi connectivity index (χ1n) is 5.51. The summed E-state index contributed by atoms with van der Waals surface area (Å²) in [7, 11) is 0. The Morgan fingerprint density at radius 2 is 1.44 bits per heavy atom. The van der Waals surface area contributed by atoms with Crippen molar-refractivity contribution in [2.45, 2.75) is 27.7 Å². The quantitative estimate of drug-likeness (QED) is 0.806. The van der Waals surface area contributed by atoms with Crippen LogP contribution in [0.2, 0.25) is 0 Å². The molecular formula is C14H16O4. The first-order valence-corrected chi connectivity index (χ1v) is 5.51. The van der Waals surface area contributed by atoms with Crippen molar-refractivity contribution in [3.05, 3.63) is 40.0 Å². The molecule has 0 bridgehead atoms. The minimum absolute atomic E-state index is 0.177. The molecule has 0 unspecified atom stereocenters. The van der Waals surface area contributed by atoms with Gasteiger partial charge in [0.05, 0.1) is 5.57 Å². The molecule has 0 heterocycles. The zero-order valence-electron chi connectivity index (χ0n) is 10.9. The molecule has 0 saturated carbocycles. The van der Waals surface area contributed by atoms with Gasteiger partial charge in [0.2, 0.25) is 0 Å². The van der Waals surface area contributed by atoms with E-state index >= 15 is 0 Å². The van der Waals surface area contributed by atoms with Gasteiger partial charge in [-0.1, -0.05) is 6.07 Å². The highest BCUT2D eigenvalue weighted by molar-refractivity contribution is 6.20. The van der Waals surface area contributed by atoms with Crippen molar-refractivity contribution < 1.29 is 19.8 Å². The molecule has 1 aromatic rings. The van der Waals surface area contributed by atoms with E-state index in [9.17, 15) is 14.7 Å². The molecular weight excluding hydrogens is 232 g/mol. The molecule has 0 aliphatic rings. The molecule has 0 atom stereocenters. The lowest BCUT2D eigenvalue weighted by Crippen LogP contribution is -2.08. The molecule has 18 heavy (non-hydrogen) atoms. The van der Waals surface area contributed by atoms with Crippen LogP contribution in [0.5, 0.6) is 0 Å². The maximum Gasteiger partial charge on any atom is 0.336 e. The van der Waals surface area contributed by atoms with Gasteiger partial charge >= 0.3 is 11.9 Å². The highest BCUT2D eigenvalue weighted by Gasteiger charge is 2.19. The second kappa shape index (κ2) is 5.04. The van der Waals surface area contributed by atoms with E-state index in [1.807, 2.05) is 19.9 Å². The van der Waals surface area contributed by atoms with E-state index in [1.54, 1.807) is 13.8 Å². The number of carboxylic acid groups (broad SMARTS) is 2. The van der Waals surface area contributed by atoms with Gasteiger partial charge in [-0.3, -0.25) is 0 Å². The molecule has 4 heteroatoms. The third-order valence-corrected chi connectivity index (χ3v) is 3.13. The Hall–Kier alpha value is -2.10. The lowest BCUT2D eigenvalue weighted by molar-refractivity contribution is -0.133. The van der Waals surface area contributed by atoms with Crippen LogP contribution in [-0.4, -0.2) is 22.2 Å². The van der Waals surface area contributed by atoms with Crippen molar-refractivity contribution in [2.75, 3.05) is 0 Å². The third kappa shape index (κ3) is 2.59. The normalized spacial score (nSPS) is 11.4. The van der Waals surface area contributed by atoms with Crippen LogP contribution in [0.15, 0.2) is 12.1 Å². The summed E-state index contributed by atoms with van der Waals surface area (Å²) in [6.45, 7) is 7.36. The molecule has 0 aromatic heterocycles. The largest absolute Gasteiger partial charge is 0.478 e. The van der Waals surface area contributed by atoms with Gasteiger partial charge in [-0.05, 0) is 55.5 Å². The van der Waals surface area contributed by atoms with Gasteiger partial charge in [-0.25, -0.2) is 9.59 Å². The molecule has 4 nitrogen and oxygen atoms in total. The van der Waals surface area contributed by atoms with Crippen molar-refractivity contribution in [3.63, 3.8) is 0 Å². The Morgan fingerprint density at radius 3 is 1.78 bits per heavy atom. The summed E-state index contributed by atoms with van der Waals surface area (Å²) in [5.74, 6) is -2.49. The molecule has 0 aliphatic carbocycles. The fourth-order valence-corrected chi connectivity index (χ4v) is 1.99. The average Bonchev–Trinajstić information content (AvgIpc) is 2.24. The maximum atomic E-state index is 11.2. The van der Waals surface area contributed by atoms with Gasteiger partial charge in [-0.15, -0.1) is 0 Å². The Kier molecular flexibility index (Phi) is 3.91. The highest BCUT2D eigenvalue weighted by Crippen LogP contribution is 2.28. The van der Waals surface area contributed by atoms with Crippen LogP contribution < -0.4 is 0 Å². The molecule has 0 spiro atoms. The maximum absolute atomic E-state index is 11.2. The van der Waals surface area contributed by atoms with Gasteiger partial charge in [0.15, 0.2) is 0 Å². The van der Waals surface area contributed by atoms with Crippen LogP contribution in [-0.2, 0) is 9.59 Å². The van der Waals surface area contributed by atoms with Gasteiger partial charge in [0, 0.05) is 6.08 Å². The second-order valence-electron chi connectivity index (χ2n) is 4.34. The summed E-state index contributed by atoms with van der Waals surface area (Å²) in [4.78, 5) is 22.0. The molecule has 0 saturated heterocycles. The van der Waals surface area contributed by atoms with E-state index in [1.165, 1.54) is 0 Å². The predicted molar refractivity (Wildman–Crippen MR) is 68.6 cm³/mol. The Labute approximate surface area is 106 Å². The standard InChI is InChI=1S/C14H16O4/c1-7-5-8(2)10(4)13(9(7)3)11(14(17)18)6-12(15)16/h5-6H,1-4H3,(H,15,16)(H,17,18)/b11-6-. The van der Waals surface area contributed by atoms with Crippen molar-refractivity contribution >= 4 is 17.5 Å². The summed E-state index contributed by atoms with van der Waals surface area (Å²) in [6.07, 6.45) is 0.747. The molecule has 0 amide bonds. The number of carbonyl (C=O) groups is 2. The number of aliphatic carboxylic acids is 2. The van der Waals surface area contributed by atoms with Crippen LogP contribution in [0, 0.1) is 27.7 Å². The van der Waals surface area contributed by atoms with Gasteiger partial charge in [0.1, 0.15) is 0 Å². The van der Waals surface area contributed by atoms with Crippen molar-refractivity contribution in [1.29, 1.82) is 0 Å². The molecule has 1 aromatic carbocycles. The Balaban J connectivity index is 3.66. The summed E-state index contributed by atoms with van der Waals surface area (Å²) < 4.78 is 0. The number of carboxylic acids is 2. The molecule has 0 radical (unpaired) electrons. The zero-order chi connectivity index (χ0) is 14.0. The summed E-state index contributed by atoms with van der Waals surface area (Å²) in [5, 5.41) is 17.9. The number of hydrogen-bond acceptors (Lipinski definition) is 2. The minimum Gasteiger partial charge on any atom is -0.478 e. The lowest BCUT2D eigenvalue weighted by Gasteiger charge is -2.15. The molecule has 2 N–H and O–H groups in total. The molecule has 1 rings (SSSR count). The Bertz CT molecular complexity index is 527. The van der Waals surface area contributed by atoms with E-state index in [0.29, 0.717) is 5.56 Å². The van der Waals surface area contributed by atoms with Crippen molar-refractivity contribution in [3.8, 4) is 0 Å². The predicted octanol–water partition coefficient (Wildman–Crippen LogP) is 2.47. The van der Waals surface area contributed by atoms with Gasteiger partial charge < -0.3 is 10.2 Å². The fourth-order valence-electron chi connectivity index (χ4n) is 1.99. The molecule has 0 aliphatic heterocycles. The van der Waals surface area contributed by atoms with E-state index in [0.717, 1.165) is 28.3 Å². The summed E-state index contributed by atoms with van der Waals surface area (Å²) in [6, 6.07) is 1.97. The number of hydrogen-bond donors (Lipinski definition) is 2. The summed E-state index contributed by atoms with van der Waals surface area (Å²) in [5.41, 5.74) is 3.82. The Morgan fingerprint density at radius 1 is 1.00 bits per heavy atom. The van der Waals surface area contributed by atoms with Crippen LogP contribution >= 0.6 is 0 Å².